The third kappa shape index (κ3) is 4.95. The molecular formula is C23H18F2N2O4. The van der Waals surface area contributed by atoms with Gasteiger partial charge < -0.3 is 14.6 Å². The van der Waals surface area contributed by atoms with Crippen LogP contribution in [0.4, 0.5) is 8.78 Å². The van der Waals surface area contributed by atoms with Gasteiger partial charge >= 0.3 is 11.9 Å². The fourth-order valence-corrected chi connectivity index (χ4v) is 2.89. The molecule has 1 aromatic heterocycles. The largest absolute Gasteiger partial charge is 0.489 e. The predicted molar refractivity (Wildman–Crippen MR) is 107 cm³/mol. The number of alkyl halides is 2. The number of aromatic nitrogens is 1. The van der Waals surface area contributed by atoms with E-state index in [1.807, 2.05) is 6.07 Å². The minimum atomic E-state index is -4.24. The summed E-state index contributed by atoms with van der Waals surface area (Å²) in [4.78, 5) is 15.3. The van der Waals surface area contributed by atoms with E-state index < -0.39 is 18.0 Å². The minimum Gasteiger partial charge on any atom is -0.489 e. The summed E-state index contributed by atoms with van der Waals surface area (Å²) in [5.41, 5.74) is 1.18. The lowest BCUT2D eigenvalue weighted by Crippen LogP contribution is -2.39. The molecule has 1 atom stereocenters. The topological polar surface area (TPSA) is 92.4 Å². The predicted octanol–water partition coefficient (Wildman–Crippen LogP) is 4.68. The summed E-state index contributed by atoms with van der Waals surface area (Å²) in [6, 6.07) is 15.7. The molecule has 0 fully saturated rings. The van der Waals surface area contributed by atoms with Gasteiger partial charge in [0.1, 0.15) is 24.2 Å². The van der Waals surface area contributed by atoms with Crippen LogP contribution < -0.4 is 9.47 Å². The zero-order valence-electron chi connectivity index (χ0n) is 16.5. The molecule has 2 aromatic carbocycles. The summed E-state index contributed by atoms with van der Waals surface area (Å²) in [5.74, 6) is -6.52. The van der Waals surface area contributed by atoms with Crippen molar-refractivity contribution >= 4 is 5.97 Å². The Morgan fingerprint density at radius 1 is 1.23 bits per heavy atom. The van der Waals surface area contributed by atoms with Crippen LogP contribution in [0.1, 0.15) is 28.4 Å². The van der Waals surface area contributed by atoms with Crippen LogP contribution in [0.25, 0.3) is 0 Å². The van der Waals surface area contributed by atoms with Crippen molar-refractivity contribution in [2.24, 2.45) is 0 Å². The summed E-state index contributed by atoms with van der Waals surface area (Å²) in [6.07, 6.45) is 1.08. The van der Waals surface area contributed by atoms with Crippen molar-refractivity contribution in [1.82, 2.24) is 4.98 Å². The summed E-state index contributed by atoms with van der Waals surface area (Å²) in [6.45, 7) is 1.73. The molecule has 0 spiro atoms. The number of benzene rings is 2. The SMILES string of the molecule is Cc1ccccc1[C@H](Oc1cc(OCc2cccnc2)ccc1C#N)C(F)(F)C(=O)O. The van der Waals surface area contributed by atoms with Crippen LogP contribution in [0.3, 0.4) is 0 Å². The van der Waals surface area contributed by atoms with E-state index >= 15 is 0 Å². The third-order valence-corrected chi connectivity index (χ3v) is 4.53. The van der Waals surface area contributed by atoms with Crippen LogP contribution in [-0.2, 0) is 11.4 Å². The van der Waals surface area contributed by atoms with Crippen molar-refractivity contribution in [2.75, 3.05) is 0 Å². The molecule has 0 bridgehead atoms. The molecule has 158 valence electrons. The first kappa shape index (κ1) is 21.7. The number of nitrogens with zero attached hydrogens (tertiary/aromatic N) is 2. The summed E-state index contributed by atoms with van der Waals surface area (Å²) < 4.78 is 40.4. The first-order valence-corrected chi connectivity index (χ1v) is 9.22. The van der Waals surface area contributed by atoms with Crippen molar-refractivity contribution in [1.29, 1.82) is 5.26 Å². The lowest BCUT2D eigenvalue weighted by molar-refractivity contribution is -0.180. The molecule has 6 nitrogen and oxygen atoms in total. The number of ether oxygens (including phenoxy) is 2. The Hall–Kier alpha value is -3.99. The van der Waals surface area contributed by atoms with E-state index in [0.717, 1.165) is 5.56 Å². The molecule has 0 radical (unpaired) electrons. The van der Waals surface area contributed by atoms with E-state index in [1.165, 1.54) is 30.3 Å². The van der Waals surface area contributed by atoms with E-state index in [2.05, 4.69) is 4.98 Å². The number of rotatable bonds is 8. The fraction of sp³-hybridized carbons (Fsp3) is 0.174. The van der Waals surface area contributed by atoms with Gasteiger partial charge in [0.15, 0.2) is 6.10 Å². The van der Waals surface area contributed by atoms with E-state index in [1.54, 1.807) is 43.6 Å². The number of carboxylic acids is 1. The van der Waals surface area contributed by atoms with Crippen molar-refractivity contribution < 1.29 is 28.2 Å². The normalized spacial score (nSPS) is 11.9. The van der Waals surface area contributed by atoms with Crippen molar-refractivity contribution in [3.63, 3.8) is 0 Å². The highest BCUT2D eigenvalue weighted by Gasteiger charge is 2.51. The van der Waals surface area contributed by atoms with Crippen molar-refractivity contribution in [3.05, 3.63) is 89.2 Å². The molecule has 31 heavy (non-hydrogen) atoms. The van der Waals surface area contributed by atoms with Gasteiger partial charge in [0, 0.05) is 29.6 Å². The Labute approximate surface area is 177 Å². The second-order valence-electron chi connectivity index (χ2n) is 6.70. The molecule has 0 unspecified atom stereocenters. The van der Waals surface area contributed by atoms with Crippen LogP contribution in [0.15, 0.2) is 67.0 Å². The van der Waals surface area contributed by atoms with Gasteiger partial charge in [-0.1, -0.05) is 30.3 Å². The summed E-state index contributed by atoms with van der Waals surface area (Å²) in [7, 11) is 0. The van der Waals surface area contributed by atoms with Gasteiger partial charge in [-0.05, 0) is 30.7 Å². The van der Waals surface area contributed by atoms with Gasteiger partial charge in [0.05, 0.1) is 5.56 Å². The maximum absolute atomic E-state index is 14.6. The quantitative estimate of drug-likeness (QED) is 0.564. The number of aryl methyl sites for hydroxylation is 1. The van der Waals surface area contributed by atoms with Crippen LogP contribution >= 0.6 is 0 Å². The smallest absolute Gasteiger partial charge is 0.382 e. The third-order valence-electron chi connectivity index (χ3n) is 4.53. The van der Waals surface area contributed by atoms with Crippen molar-refractivity contribution in [3.8, 4) is 17.6 Å². The summed E-state index contributed by atoms with van der Waals surface area (Å²) in [5, 5.41) is 18.5. The van der Waals surface area contributed by atoms with Gasteiger partial charge in [0.25, 0.3) is 0 Å². The molecule has 8 heteroatoms. The molecule has 1 N–H and O–H groups in total. The minimum absolute atomic E-state index is 0.000436. The van der Waals surface area contributed by atoms with Gasteiger partial charge in [-0.15, -0.1) is 0 Å². The van der Waals surface area contributed by atoms with E-state index in [-0.39, 0.29) is 29.2 Å². The number of halogens is 2. The molecule has 0 aliphatic rings. The average molecular weight is 424 g/mol. The zero-order chi connectivity index (χ0) is 22.4. The Bertz CT molecular complexity index is 1110. The molecule has 0 saturated carbocycles. The molecule has 3 rings (SSSR count). The lowest BCUT2D eigenvalue weighted by Gasteiger charge is -2.26. The Balaban J connectivity index is 1.95. The van der Waals surface area contributed by atoms with Crippen LogP contribution in [0.5, 0.6) is 11.5 Å². The molecule has 0 aliphatic carbocycles. The first-order valence-electron chi connectivity index (χ1n) is 9.22. The highest BCUT2D eigenvalue weighted by molar-refractivity contribution is 5.76. The second kappa shape index (κ2) is 9.22. The first-order chi connectivity index (χ1) is 14.8. The van der Waals surface area contributed by atoms with E-state index in [0.29, 0.717) is 5.56 Å². The van der Waals surface area contributed by atoms with E-state index in [9.17, 15) is 18.8 Å². The standard InChI is InChI=1S/C23H18F2N2O4/c1-15-5-2-3-7-19(15)21(23(24,25)22(28)29)31-20-11-18(9-8-17(20)12-26)30-14-16-6-4-10-27-13-16/h2-11,13,21H,14H2,1H3,(H,28,29)/t21-/m0/s1. The number of carbonyl (C=O) groups is 1. The molecule has 0 saturated heterocycles. The molecular weight excluding hydrogens is 406 g/mol. The summed E-state index contributed by atoms with van der Waals surface area (Å²) >= 11 is 0. The highest BCUT2D eigenvalue weighted by atomic mass is 19.3. The molecule has 0 aliphatic heterocycles. The number of nitriles is 1. The van der Waals surface area contributed by atoms with Crippen LogP contribution in [-0.4, -0.2) is 22.0 Å². The van der Waals surface area contributed by atoms with Gasteiger partial charge in [-0.25, -0.2) is 4.79 Å². The maximum atomic E-state index is 14.6. The van der Waals surface area contributed by atoms with Crippen LogP contribution in [0, 0.1) is 18.3 Å². The Kier molecular flexibility index (Phi) is 6.46. The number of aliphatic carboxylic acids is 1. The number of carboxylic acid groups (broad SMARTS) is 1. The Morgan fingerprint density at radius 3 is 2.65 bits per heavy atom. The lowest BCUT2D eigenvalue weighted by atomic mass is 9.98. The molecule has 1 heterocycles. The second-order valence-corrected chi connectivity index (χ2v) is 6.70. The number of pyridine rings is 1. The zero-order valence-corrected chi connectivity index (χ0v) is 16.5. The number of hydrogen-bond donors (Lipinski definition) is 1. The highest BCUT2D eigenvalue weighted by Crippen LogP contribution is 2.39. The Morgan fingerprint density at radius 2 is 2.00 bits per heavy atom. The monoisotopic (exact) mass is 424 g/mol. The van der Waals surface area contributed by atoms with Crippen molar-refractivity contribution in [2.45, 2.75) is 25.6 Å². The maximum Gasteiger partial charge on any atom is 0.382 e. The van der Waals surface area contributed by atoms with E-state index in [4.69, 9.17) is 14.6 Å². The molecule has 3 aromatic rings. The van der Waals surface area contributed by atoms with Gasteiger partial charge in [-0.2, -0.15) is 14.0 Å². The fourth-order valence-electron chi connectivity index (χ4n) is 2.89. The average Bonchev–Trinajstić information content (AvgIpc) is 2.77. The number of hydrogen-bond acceptors (Lipinski definition) is 5. The van der Waals surface area contributed by atoms with Gasteiger partial charge in [-0.3, -0.25) is 4.98 Å². The molecule has 0 amide bonds. The van der Waals surface area contributed by atoms with Crippen LogP contribution in [0.2, 0.25) is 0 Å². The van der Waals surface area contributed by atoms with Gasteiger partial charge in [0.2, 0.25) is 0 Å².